The van der Waals surface area contributed by atoms with E-state index in [0.29, 0.717) is 5.92 Å². The monoisotopic (exact) mass is 254 g/mol. The minimum atomic E-state index is 0.182. The van der Waals surface area contributed by atoms with Gasteiger partial charge in [0.15, 0.2) is 0 Å². The fraction of sp³-hybridized carbons (Fsp3) is 0.786. The Balaban J connectivity index is 2.43. The molecule has 1 atom stereocenters. The Morgan fingerprint density at radius 2 is 2.12 bits per heavy atom. The fourth-order valence-corrected chi connectivity index (χ4v) is 2.86. The second-order valence-electron chi connectivity index (χ2n) is 5.83. The van der Waals surface area contributed by atoms with Crippen LogP contribution in [-0.2, 0) is 11.8 Å². The van der Waals surface area contributed by atoms with Crippen LogP contribution in [0.4, 0.5) is 0 Å². The van der Waals surface area contributed by atoms with E-state index in [1.807, 2.05) is 11.3 Å². The maximum Gasteiger partial charge on any atom is 0.0931 e. The molecule has 1 heterocycles. The Labute approximate surface area is 110 Å². The molecule has 2 nitrogen and oxygen atoms in total. The molecule has 1 aromatic rings. The highest BCUT2D eigenvalue weighted by atomic mass is 32.1. The molecule has 0 aliphatic heterocycles. The van der Waals surface area contributed by atoms with Crippen LogP contribution in [0.3, 0.4) is 0 Å². The average molecular weight is 254 g/mol. The topological polar surface area (TPSA) is 24.9 Å². The lowest BCUT2D eigenvalue weighted by Gasteiger charge is -2.14. The maximum atomic E-state index is 4.75. The van der Waals surface area contributed by atoms with E-state index >= 15 is 0 Å². The summed E-state index contributed by atoms with van der Waals surface area (Å²) >= 11 is 1.81. The first kappa shape index (κ1) is 14.7. The largest absolute Gasteiger partial charge is 0.317 e. The molecule has 98 valence electrons. The Morgan fingerprint density at radius 1 is 1.41 bits per heavy atom. The van der Waals surface area contributed by atoms with Crippen LogP contribution in [0.1, 0.15) is 51.7 Å². The Bertz CT molecular complexity index is 325. The summed E-state index contributed by atoms with van der Waals surface area (Å²) in [4.78, 5) is 4.75. The highest BCUT2D eigenvalue weighted by Gasteiger charge is 2.17. The average Bonchev–Trinajstić information content (AvgIpc) is 2.66. The molecular weight excluding hydrogens is 228 g/mol. The molecular formula is C14H26N2S. The smallest absolute Gasteiger partial charge is 0.0931 e. The van der Waals surface area contributed by atoms with Crippen molar-refractivity contribution in [3.8, 4) is 0 Å². The molecule has 1 aromatic heterocycles. The van der Waals surface area contributed by atoms with Crippen molar-refractivity contribution in [2.75, 3.05) is 13.1 Å². The van der Waals surface area contributed by atoms with Gasteiger partial charge in [-0.3, -0.25) is 0 Å². The zero-order chi connectivity index (χ0) is 12.9. The van der Waals surface area contributed by atoms with Gasteiger partial charge in [-0.15, -0.1) is 11.3 Å². The predicted molar refractivity (Wildman–Crippen MR) is 76.8 cm³/mol. The van der Waals surface area contributed by atoms with Gasteiger partial charge < -0.3 is 5.32 Å². The molecule has 0 bridgehead atoms. The van der Waals surface area contributed by atoms with Gasteiger partial charge in [0.1, 0.15) is 0 Å². The molecule has 0 radical (unpaired) electrons. The number of thiazole rings is 1. The summed E-state index contributed by atoms with van der Waals surface area (Å²) in [6.07, 6.45) is 2.35. The van der Waals surface area contributed by atoms with Gasteiger partial charge in [0.25, 0.3) is 0 Å². The fourth-order valence-electron chi connectivity index (χ4n) is 1.67. The van der Waals surface area contributed by atoms with Gasteiger partial charge in [0, 0.05) is 17.2 Å². The van der Waals surface area contributed by atoms with E-state index in [4.69, 9.17) is 4.98 Å². The normalized spacial score (nSPS) is 13.9. The standard InChI is InChI=1S/C14H26N2S/c1-6-15-8-7-11(2)9-13-16-12(10-17-13)14(3,4)5/h10-11,15H,6-9H2,1-5H3. The van der Waals surface area contributed by atoms with Crippen LogP contribution in [0.2, 0.25) is 0 Å². The van der Waals surface area contributed by atoms with E-state index in [0.717, 1.165) is 19.5 Å². The van der Waals surface area contributed by atoms with E-state index < -0.39 is 0 Å². The van der Waals surface area contributed by atoms with Crippen LogP contribution in [0.25, 0.3) is 0 Å². The molecule has 0 spiro atoms. The summed E-state index contributed by atoms with van der Waals surface area (Å²) in [7, 11) is 0. The maximum absolute atomic E-state index is 4.75. The molecule has 0 aliphatic rings. The number of nitrogens with one attached hydrogen (secondary N) is 1. The zero-order valence-corrected chi connectivity index (χ0v) is 12.7. The Hall–Kier alpha value is -0.410. The SMILES string of the molecule is CCNCCC(C)Cc1nc(C(C)(C)C)cs1. The van der Waals surface area contributed by atoms with Gasteiger partial charge in [-0.1, -0.05) is 34.6 Å². The lowest BCUT2D eigenvalue weighted by atomic mass is 9.93. The lowest BCUT2D eigenvalue weighted by molar-refractivity contribution is 0.500. The van der Waals surface area contributed by atoms with Crippen molar-refractivity contribution >= 4 is 11.3 Å². The highest BCUT2D eigenvalue weighted by molar-refractivity contribution is 7.09. The van der Waals surface area contributed by atoms with Crippen molar-refractivity contribution < 1.29 is 0 Å². The molecule has 0 fully saturated rings. The third-order valence-electron chi connectivity index (χ3n) is 2.91. The van der Waals surface area contributed by atoms with Crippen LogP contribution in [0, 0.1) is 5.92 Å². The minimum absolute atomic E-state index is 0.182. The van der Waals surface area contributed by atoms with Crippen molar-refractivity contribution in [3.05, 3.63) is 16.1 Å². The van der Waals surface area contributed by atoms with Crippen molar-refractivity contribution in [2.45, 2.75) is 52.9 Å². The Kier molecular flexibility index (Phi) is 5.60. The lowest BCUT2D eigenvalue weighted by Crippen LogP contribution is -2.17. The quantitative estimate of drug-likeness (QED) is 0.784. The highest BCUT2D eigenvalue weighted by Crippen LogP contribution is 2.25. The molecule has 0 aromatic carbocycles. The summed E-state index contributed by atoms with van der Waals surface area (Å²) in [6.45, 7) is 13.3. The summed E-state index contributed by atoms with van der Waals surface area (Å²) in [5.41, 5.74) is 1.42. The number of hydrogen-bond acceptors (Lipinski definition) is 3. The van der Waals surface area contributed by atoms with Gasteiger partial charge in [0.2, 0.25) is 0 Å². The van der Waals surface area contributed by atoms with Crippen molar-refractivity contribution in [1.29, 1.82) is 0 Å². The molecule has 17 heavy (non-hydrogen) atoms. The third kappa shape index (κ3) is 5.17. The molecule has 3 heteroatoms. The zero-order valence-electron chi connectivity index (χ0n) is 11.8. The van der Waals surface area contributed by atoms with Crippen LogP contribution < -0.4 is 5.32 Å². The van der Waals surface area contributed by atoms with E-state index in [9.17, 15) is 0 Å². The van der Waals surface area contributed by atoms with E-state index in [-0.39, 0.29) is 5.41 Å². The second-order valence-corrected chi connectivity index (χ2v) is 6.77. The van der Waals surface area contributed by atoms with Gasteiger partial charge in [-0.05, 0) is 25.4 Å². The number of aromatic nitrogens is 1. The number of rotatable bonds is 6. The molecule has 0 saturated heterocycles. The van der Waals surface area contributed by atoms with Crippen molar-refractivity contribution in [3.63, 3.8) is 0 Å². The van der Waals surface area contributed by atoms with Crippen LogP contribution >= 0.6 is 11.3 Å². The van der Waals surface area contributed by atoms with Gasteiger partial charge in [0.05, 0.1) is 10.7 Å². The summed E-state index contributed by atoms with van der Waals surface area (Å²) in [5, 5.41) is 6.88. The first-order valence-corrected chi connectivity index (χ1v) is 7.47. The number of nitrogens with zero attached hydrogens (tertiary/aromatic N) is 1. The van der Waals surface area contributed by atoms with Crippen LogP contribution in [-0.4, -0.2) is 18.1 Å². The summed E-state index contributed by atoms with van der Waals surface area (Å²) in [6, 6.07) is 0. The molecule has 1 unspecified atom stereocenters. The van der Waals surface area contributed by atoms with Crippen LogP contribution in [0.5, 0.6) is 0 Å². The van der Waals surface area contributed by atoms with Crippen LogP contribution in [0.15, 0.2) is 5.38 Å². The van der Waals surface area contributed by atoms with E-state index in [1.54, 1.807) is 0 Å². The molecule has 0 aliphatic carbocycles. The van der Waals surface area contributed by atoms with E-state index in [1.165, 1.54) is 17.1 Å². The first-order chi connectivity index (χ1) is 7.93. The van der Waals surface area contributed by atoms with Gasteiger partial charge >= 0.3 is 0 Å². The summed E-state index contributed by atoms with van der Waals surface area (Å²) < 4.78 is 0. The third-order valence-corrected chi connectivity index (χ3v) is 3.78. The van der Waals surface area contributed by atoms with Gasteiger partial charge in [-0.2, -0.15) is 0 Å². The second kappa shape index (κ2) is 6.50. The predicted octanol–water partition coefficient (Wildman–Crippen LogP) is 3.62. The summed E-state index contributed by atoms with van der Waals surface area (Å²) in [5.74, 6) is 0.716. The molecule has 0 amide bonds. The first-order valence-electron chi connectivity index (χ1n) is 6.59. The van der Waals surface area contributed by atoms with Gasteiger partial charge in [-0.25, -0.2) is 4.98 Å². The van der Waals surface area contributed by atoms with E-state index in [2.05, 4.69) is 45.3 Å². The Morgan fingerprint density at radius 3 is 2.65 bits per heavy atom. The number of hydrogen-bond donors (Lipinski definition) is 1. The molecule has 1 rings (SSSR count). The van der Waals surface area contributed by atoms with Crippen molar-refractivity contribution in [2.24, 2.45) is 5.92 Å². The minimum Gasteiger partial charge on any atom is -0.317 e. The van der Waals surface area contributed by atoms with Crippen molar-refractivity contribution in [1.82, 2.24) is 10.3 Å². The molecule has 1 N–H and O–H groups in total. The molecule has 0 saturated carbocycles.